The van der Waals surface area contributed by atoms with Crippen molar-refractivity contribution in [1.82, 2.24) is 15.0 Å². The molecule has 5 heteroatoms. The van der Waals surface area contributed by atoms with E-state index in [4.69, 9.17) is 11.6 Å². The Labute approximate surface area is 132 Å². The molecule has 2 aromatic rings. The molecule has 0 aliphatic heterocycles. The van der Waals surface area contributed by atoms with E-state index in [1.807, 2.05) is 19.1 Å². The summed E-state index contributed by atoms with van der Waals surface area (Å²) in [4.78, 5) is 13.4. The highest BCUT2D eigenvalue weighted by atomic mass is 127. The summed E-state index contributed by atoms with van der Waals surface area (Å²) in [5.41, 5.74) is 2.69. The van der Waals surface area contributed by atoms with E-state index in [0.717, 1.165) is 20.5 Å². The monoisotopic (exact) mass is 387 g/mol. The zero-order valence-electron chi connectivity index (χ0n) is 11.3. The number of halogens is 2. The predicted molar refractivity (Wildman–Crippen MR) is 86.4 cm³/mol. The molecule has 2 heterocycles. The van der Waals surface area contributed by atoms with Gasteiger partial charge in [-0.3, -0.25) is 4.98 Å². The maximum atomic E-state index is 6.24. The normalized spacial score (nSPS) is 11.7. The third-order valence-corrected chi connectivity index (χ3v) is 4.36. The van der Waals surface area contributed by atoms with Crippen LogP contribution in [0.4, 0.5) is 0 Å². The molecule has 0 N–H and O–H groups in total. The molecule has 0 radical (unpaired) electrons. The molecule has 0 spiro atoms. The van der Waals surface area contributed by atoms with Gasteiger partial charge in [0.15, 0.2) is 5.82 Å². The number of rotatable bonds is 1. The fraction of sp³-hybridized carbons (Fsp3) is 0.357. The molecular weight excluding hydrogens is 373 g/mol. The number of hydrogen-bond donors (Lipinski definition) is 0. The highest BCUT2D eigenvalue weighted by Crippen LogP contribution is 2.31. The topological polar surface area (TPSA) is 38.7 Å². The Morgan fingerprint density at radius 3 is 2.47 bits per heavy atom. The predicted octanol–water partition coefficient (Wildman–Crippen LogP) is 4.40. The summed E-state index contributed by atoms with van der Waals surface area (Å²) in [5, 5.41) is 0.487. The van der Waals surface area contributed by atoms with Crippen LogP contribution in [-0.2, 0) is 5.41 Å². The Kier molecular flexibility index (Phi) is 4.11. The van der Waals surface area contributed by atoms with Crippen LogP contribution >= 0.6 is 34.2 Å². The molecule has 0 aromatic carbocycles. The van der Waals surface area contributed by atoms with Gasteiger partial charge < -0.3 is 0 Å². The van der Waals surface area contributed by atoms with Crippen molar-refractivity contribution < 1.29 is 0 Å². The first-order valence-corrected chi connectivity index (χ1v) is 7.42. The first-order valence-electron chi connectivity index (χ1n) is 5.96. The highest BCUT2D eigenvalue weighted by molar-refractivity contribution is 14.1. The molecule has 0 unspecified atom stereocenters. The zero-order valence-corrected chi connectivity index (χ0v) is 14.2. The third-order valence-electron chi connectivity index (χ3n) is 2.74. The van der Waals surface area contributed by atoms with Crippen molar-refractivity contribution in [2.75, 3.05) is 0 Å². The molecule has 0 fully saturated rings. The van der Waals surface area contributed by atoms with Gasteiger partial charge in [-0.2, -0.15) is 0 Å². The van der Waals surface area contributed by atoms with E-state index >= 15 is 0 Å². The van der Waals surface area contributed by atoms with E-state index in [2.05, 4.69) is 58.3 Å². The standard InChI is InChI=1S/C14H15ClIN3/c1-8-6-5-7-17-10(8)13-18-11(14(2,3)4)9(16)12(15)19-13/h5-7H,1-4H3. The van der Waals surface area contributed by atoms with Gasteiger partial charge in [-0.05, 0) is 41.1 Å². The minimum atomic E-state index is -0.0828. The quantitative estimate of drug-likeness (QED) is 0.538. The van der Waals surface area contributed by atoms with Gasteiger partial charge in [0.1, 0.15) is 10.8 Å². The van der Waals surface area contributed by atoms with Crippen molar-refractivity contribution in [1.29, 1.82) is 0 Å². The maximum Gasteiger partial charge on any atom is 0.180 e. The molecule has 19 heavy (non-hydrogen) atoms. The van der Waals surface area contributed by atoms with Crippen LogP contribution in [0, 0.1) is 10.5 Å². The van der Waals surface area contributed by atoms with Gasteiger partial charge in [-0.15, -0.1) is 0 Å². The fourth-order valence-corrected chi connectivity index (χ4v) is 2.96. The van der Waals surface area contributed by atoms with Gasteiger partial charge in [0.25, 0.3) is 0 Å². The molecule has 0 atom stereocenters. The van der Waals surface area contributed by atoms with Crippen LogP contribution < -0.4 is 0 Å². The van der Waals surface area contributed by atoms with Gasteiger partial charge in [-0.1, -0.05) is 38.4 Å². The van der Waals surface area contributed by atoms with Crippen molar-refractivity contribution in [3.05, 3.63) is 38.3 Å². The summed E-state index contributed by atoms with van der Waals surface area (Å²) >= 11 is 8.44. The van der Waals surface area contributed by atoms with Crippen LogP contribution in [0.2, 0.25) is 5.15 Å². The molecule has 100 valence electrons. The van der Waals surface area contributed by atoms with Crippen molar-refractivity contribution >= 4 is 34.2 Å². The Hall–Kier alpha value is -0.750. The molecule has 0 aliphatic rings. The van der Waals surface area contributed by atoms with Crippen LogP contribution in [0.5, 0.6) is 0 Å². The average molecular weight is 388 g/mol. The van der Waals surface area contributed by atoms with Crippen LogP contribution in [0.15, 0.2) is 18.3 Å². The SMILES string of the molecule is Cc1cccnc1-c1nc(Cl)c(I)c(C(C)(C)C)n1. The summed E-state index contributed by atoms with van der Waals surface area (Å²) in [7, 11) is 0. The Balaban J connectivity index is 2.68. The van der Waals surface area contributed by atoms with E-state index in [1.54, 1.807) is 6.20 Å². The summed E-state index contributed by atoms with van der Waals surface area (Å²) < 4.78 is 0.907. The van der Waals surface area contributed by atoms with E-state index < -0.39 is 0 Å². The first kappa shape index (κ1) is 14.7. The lowest BCUT2D eigenvalue weighted by Crippen LogP contribution is -2.17. The van der Waals surface area contributed by atoms with Crippen LogP contribution in [-0.4, -0.2) is 15.0 Å². The summed E-state index contributed by atoms with van der Waals surface area (Å²) in [6.45, 7) is 8.34. The highest BCUT2D eigenvalue weighted by Gasteiger charge is 2.23. The number of aromatic nitrogens is 3. The summed E-state index contributed by atoms with van der Waals surface area (Å²) in [6.07, 6.45) is 1.74. The lowest BCUT2D eigenvalue weighted by molar-refractivity contribution is 0.563. The van der Waals surface area contributed by atoms with Crippen LogP contribution in [0.3, 0.4) is 0 Å². The van der Waals surface area contributed by atoms with E-state index in [9.17, 15) is 0 Å². The Morgan fingerprint density at radius 1 is 1.21 bits per heavy atom. The molecule has 0 amide bonds. The van der Waals surface area contributed by atoms with Gasteiger partial charge in [0, 0.05) is 11.6 Å². The second kappa shape index (κ2) is 5.32. The molecule has 0 saturated carbocycles. The van der Waals surface area contributed by atoms with Crippen molar-refractivity contribution in [2.24, 2.45) is 0 Å². The maximum absolute atomic E-state index is 6.24. The summed E-state index contributed by atoms with van der Waals surface area (Å²) in [6, 6.07) is 3.89. The molecule has 2 rings (SSSR count). The molecule has 0 saturated heterocycles. The van der Waals surface area contributed by atoms with E-state index in [1.165, 1.54) is 0 Å². The fourth-order valence-electron chi connectivity index (χ4n) is 1.74. The summed E-state index contributed by atoms with van der Waals surface area (Å²) in [5.74, 6) is 0.591. The minimum Gasteiger partial charge on any atom is -0.253 e. The third kappa shape index (κ3) is 3.05. The largest absolute Gasteiger partial charge is 0.253 e. The molecule has 2 aromatic heterocycles. The number of hydrogen-bond acceptors (Lipinski definition) is 3. The first-order chi connectivity index (χ1) is 8.80. The zero-order chi connectivity index (χ0) is 14.2. The lowest BCUT2D eigenvalue weighted by atomic mass is 9.92. The van der Waals surface area contributed by atoms with Crippen molar-refractivity contribution in [2.45, 2.75) is 33.1 Å². The Bertz CT molecular complexity index is 621. The molecule has 0 bridgehead atoms. The van der Waals surface area contributed by atoms with E-state index in [0.29, 0.717) is 11.0 Å². The number of pyridine rings is 1. The van der Waals surface area contributed by atoms with Gasteiger partial charge in [0.2, 0.25) is 0 Å². The average Bonchev–Trinajstić information content (AvgIpc) is 2.31. The van der Waals surface area contributed by atoms with Crippen molar-refractivity contribution in [3.8, 4) is 11.5 Å². The van der Waals surface area contributed by atoms with Crippen LogP contribution in [0.1, 0.15) is 32.0 Å². The van der Waals surface area contributed by atoms with Gasteiger partial charge >= 0.3 is 0 Å². The lowest BCUT2D eigenvalue weighted by Gasteiger charge is -2.20. The second-order valence-corrected chi connectivity index (χ2v) is 6.86. The number of aryl methyl sites for hydroxylation is 1. The van der Waals surface area contributed by atoms with Gasteiger partial charge in [0.05, 0.1) is 9.26 Å². The molecule has 0 aliphatic carbocycles. The van der Waals surface area contributed by atoms with E-state index in [-0.39, 0.29) is 5.41 Å². The minimum absolute atomic E-state index is 0.0828. The molecular formula is C14H15ClIN3. The second-order valence-electron chi connectivity index (χ2n) is 5.42. The molecule has 3 nitrogen and oxygen atoms in total. The Morgan fingerprint density at radius 2 is 1.89 bits per heavy atom. The smallest absolute Gasteiger partial charge is 0.180 e. The van der Waals surface area contributed by atoms with Crippen LogP contribution in [0.25, 0.3) is 11.5 Å². The van der Waals surface area contributed by atoms with Gasteiger partial charge in [-0.25, -0.2) is 9.97 Å². The van der Waals surface area contributed by atoms with Crippen molar-refractivity contribution in [3.63, 3.8) is 0 Å². The number of nitrogens with zero attached hydrogens (tertiary/aromatic N) is 3.